The molecular weight excluding hydrogens is 290 g/mol. The van der Waals surface area contributed by atoms with Gasteiger partial charge in [-0.3, -0.25) is 4.79 Å². The molecule has 0 aliphatic heterocycles. The molecular formula is C16H18ClNO3. The summed E-state index contributed by atoms with van der Waals surface area (Å²) < 4.78 is 7.14. The van der Waals surface area contributed by atoms with Crippen molar-refractivity contribution in [3.8, 4) is 11.4 Å². The molecule has 0 radical (unpaired) electrons. The molecule has 0 fully saturated rings. The van der Waals surface area contributed by atoms with Gasteiger partial charge in [0.15, 0.2) is 5.43 Å². The molecule has 0 saturated heterocycles. The third-order valence-electron chi connectivity index (χ3n) is 3.30. The summed E-state index contributed by atoms with van der Waals surface area (Å²) in [7, 11) is 1.57. The lowest BCUT2D eigenvalue weighted by atomic mass is 9.99. The van der Waals surface area contributed by atoms with Gasteiger partial charge >= 0.3 is 0 Å². The molecule has 0 amide bonds. The summed E-state index contributed by atoms with van der Waals surface area (Å²) in [6.45, 7) is 4.98. The van der Waals surface area contributed by atoms with Gasteiger partial charge in [-0.15, -0.1) is 0 Å². The molecule has 0 spiro atoms. The summed E-state index contributed by atoms with van der Waals surface area (Å²) in [6.07, 6.45) is 1.63. The number of ether oxygens (including phenoxy) is 1. The molecule has 1 heterocycles. The quantitative estimate of drug-likeness (QED) is 0.948. The average Bonchev–Trinajstić information content (AvgIpc) is 2.37. The van der Waals surface area contributed by atoms with Gasteiger partial charge in [0.2, 0.25) is 0 Å². The number of halogens is 1. The number of aromatic nitrogens is 1. The molecule has 0 bridgehead atoms. The Morgan fingerprint density at radius 1 is 1.29 bits per heavy atom. The summed E-state index contributed by atoms with van der Waals surface area (Å²) in [6, 6.07) is 6.75. The summed E-state index contributed by atoms with van der Waals surface area (Å²) >= 11 is 6.06. The molecule has 0 unspecified atom stereocenters. The molecule has 4 nitrogen and oxygen atoms in total. The second-order valence-electron chi connectivity index (χ2n) is 5.44. The Bertz CT molecular complexity index is 729. The average molecular weight is 308 g/mol. The minimum absolute atomic E-state index is 0.197. The fraction of sp³-hybridized carbons (Fsp3) is 0.312. The van der Waals surface area contributed by atoms with Gasteiger partial charge in [-0.2, -0.15) is 0 Å². The third kappa shape index (κ3) is 3.12. The van der Waals surface area contributed by atoms with E-state index in [1.807, 2.05) is 6.92 Å². The van der Waals surface area contributed by atoms with Gasteiger partial charge in [0, 0.05) is 28.5 Å². The van der Waals surface area contributed by atoms with E-state index in [4.69, 9.17) is 16.3 Å². The highest BCUT2D eigenvalue weighted by molar-refractivity contribution is 6.30. The fourth-order valence-corrected chi connectivity index (χ4v) is 2.37. The number of pyridine rings is 1. The van der Waals surface area contributed by atoms with Crippen LogP contribution in [0, 0.1) is 6.92 Å². The zero-order valence-corrected chi connectivity index (χ0v) is 13.2. The van der Waals surface area contributed by atoms with E-state index in [0.29, 0.717) is 22.0 Å². The third-order valence-corrected chi connectivity index (χ3v) is 3.54. The molecule has 1 aromatic carbocycles. The zero-order valence-electron chi connectivity index (χ0n) is 12.5. The maximum absolute atomic E-state index is 12.1. The van der Waals surface area contributed by atoms with Crippen LogP contribution in [0.1, 0.15) is 25.1 Å². The van der Waals surface area contributed by atoms with E-state index >= 15 is 0 Å². The zero-order chi connectivity index (χ0) is 15.8. The van der Waals surface area contributed by atoms with Gasteiger partial charge in [0.05, 0.1) is 18.4 Å². The van der Waals surface area contributed by atoms with Crippen molar-refractivity contribution in [3.05, 3.63) is 57.0 Å². The molecule has 0 aliphatic rings. The number of rotatable bonds is 3. The van der Waals surface area contributed by atoms with Gasteiger partial charge < -0.3 is 14.4 Å². The Morgan fingerprint density at radius 2 is 1.95 bits per heavy atom. The van der Waals surface area contributed by atoms with E-state index in [-0.39, 0.29) is 5.43 Å². The van der Waals surface area contributed by atoms with Crippen molar-refractivity contribution in [2.45, 2.75) is 26.4 Å². The lowest BCUT2D eigenvalue weighted by molar-refractivity contribution is 0.0769. The molecule has 2 aromatic rings. The van der Waals surface area contributed by atoms with Crippen LogP contribution in [0.4, 0.5) is 0 Å². The Morgan fingerprint density at radius 3 is 2.52 bits per heavy atom. The number of hydrogen-bond donors (Lipinski definition) is 1. The SMILES string of the molecule is COc1ccc(Cl)cc1-n1cc(C(C)(C)O)c(=O)cc1C. The fourth-order valence-electron chi connectivity index (χ4n) is 2.20. The van der Waals surface area contributed by atoms with Gasteiger partial charge in [-0.05, 0) is 39.0 Å². The Hall–Kier alpha value is -1.78. The molecule has 5 heteroatoms. The first kappa shape index (κ1) is 15.6. The van der Waals surface area contributed by atoms with Gasteiger partial charge in [0.1, 0.15) is 5.75 Å². The van der Waals surface area contributed by atoms with Gasteiger partial charge in [-0.25, -0.2) is 0 Å². The molecule has 112 valence electrons. The van der Waals surface area contributed by atoms with Crippen LogP contribution >= 0.6 is 11.6 Å². The number of methoxy groups -OCH3 is 1. The predicted molar refractivity (Wildman–Crippen MR) is 83.6 cm³/mol. The van der Waals surface area contributed by atoms with Crippen molar-refractivity contribution < 1.29 is 9.84 Å². The Labute approximate surface area is 128 Å². The van der Waals surface area contributed by atoms with E-state index < -0.39 is 5.60 Å². The normalized spacial score (nSPS) is 11.5. The minimum atomic E-state index is -1.22. The minimum Gasteiger partial charge on any atom is -0.495 e. The van der Waals surface area contributed by atoms with Gasteiger partial charge in [-0.1, -0.05) is 11.6 Å². The second-order valence-corrected chi connectivity index (χ2v) is 5.87. The highest BCUT2D eigenvalue weighted by Gasteiger charge is 2.21. The van der Waals surface area contributed by atoms with Crippen LogP contribution < -0.4 is 10.2 Å². The number of aliphatic hydroxyl groups is 1. The van der Waals surface area contributed by atoms with Crippen LogP contribution in [0.15, 0.2) is 35.3 Å². The van der Waals surface area contributed by atoms with E-state index in [1.54, 1.807) is 49.9 Å². The van der Waals surface area contributed by atoms with Crippen LogP contribution in [-0.4, -0.2) is 16.8 Å². The summed E-state index contributed by atoms with van der Waals surface area (Å²) in [5.41, 5.74) is 0.340. The van der Waals surface area contributed by atoms with Crippen molar-refractivity contribution in [2.24, 2.45) is 0 Å². The molecule has 1 N–H and O–H groups in total. The number of hydrogen-bond acceptors (Lipinski definition) is 3. The Kier molecular flexibility index (Phi) is 4.12. The van der Waals surface area contributed by atoms with E-state index in [0.717, 1.165) is 5.69 Å². The topological polar surface area (TPSA) is 51.5 Å². The summed E-state index contributed by atoms with van der Waals surface area (Å²) in [5, 5.41) is 10.7. The largest absolute Gasteiger partial charge is 0.495 e. The van der Waals surface area contributed by atoms with Gasteiger partial charge in [0.25, 0.3) is 0 Å². The first-order valence-corrected chi connectivity index (χ1v) is 6.92. The smallest absolute Gasteiger partial charge is 0.187 e. The monoisotopic (exact) mass is 307 g/mol. The molecule has 2 rings (SSSR count). The molecule has 0 aliphatic carbocycles. The van der Waals surface area contributed by atoms with Crippen molar-refractivity contribution in [2.75, 3.05) is 7.11 Å². The molecule has 21 heavy (non-hydrogen) atoms. The van der Waals surface area contributed by atoms with Crippen LogP contribution in [0.25, 0.3) is 5.69 Å². The predicted octanol–water partition coefficient (Wildman–Crippen LogP) is 3.04. The van der Waals surface area contributed by atoms with Crippen LogP contribution in [0.5, 0.6) is 5.75 Å². The first-order chi connectivity index (χ1) is 9.74. The van der Waals surface area contributed by atoms with E-state index in [1.165, 1.54) is 6.07 Å². The van der Waals surface area contributed by atoms with Crippen molar-refractivity contribution in [1.29, 1.82) is 0 Å². The highest BCUT2D eigenvalue weighted by Crippen LogP contribution is 2.28. The summed E-state index contributed by atoms with van der Waals surface area (Å²) in [4.78, 5) is 12.1. The van der Waals surface area contributed by atoms with Crippen LogP contribution in [0.3, 0.4) is 0 Å². The van der Waals surface area contributed by atoms with Crippen LogP contribution in [-0.2, 0) is 5.60 Å². The maximum Gasteiger partial charge on any atom is 0.187 e. The van der Waals surface area contributed by atoms with E-state index in [9.17, 15) is 9.90 Å². The molecule has 0 atom stereocenters. The Balaban J connectivity index is 2.76. The lowest BCUT2D eigenvalue weighted by Gasteiger charge is -2.21. The number of aryl methyl sites for hydroxylation is 1. The second kappa shape index (κ2) is 5.54. The van der Waals surface area contributed by atoms with Crippen molar-refractivity contribution >= 4 is 11.6 Å². The first-order valence-electron chi connectivity index (χ1n) is 6.54. The molecule has 0 saturated carbocycles. The van der Waals surface area contributed by atoms with E-state index in [2.05, 4.69) is 0 Å². The van der Waals surface area contributed by atoms with Crippen LogP contribution in [0.2, 0.25) is 5.02 Å². The van der Waals surface area contributed by atoms with Crippen molar-refractivity contribution in [3.63, 3.8) is 0 Å². The number of benzene rings is 1. The number of nitrogens with zero attached hydrogens (tertiary/aromatic N) is 1. The summed E-state index contributed by atoms with van der Waals surface area (Å²) in [5.74, 6) is 0.632. The lowest BCUT2D eigenvalue weighted by Crippen LogP contribution is -2.27. The van der Waals surface area contributed by atoms with Crippen molar-refractivity contribution in [1.82, 2.24) is 4.57 Å². The highest BCUT2D eigenvalue weighted by atomic mass is 35.5. The molecule has 1 aromatic heterocycles. The standard InChI is InChI=1S/C16H18ClNO3/c1-10-7-14(19)12(16(2,3)20)9-18(10)13-8-11(17)5-6-15(13)21-4/h5-9,20H,1-4H3. The maximum atomic E-state index is 12.1.